The van der Waals surface area contributed by atoms with Crippen LogP contribution in [0.3, 0.4) is 0 Å². The molecule has 0 aromatic rings. The van der Waals surface area contributed by atoms with Crippen molar-refractivity contribution in [1.82, 2.24) is 10.2 Å². The summed E-state index contributed by atoms with van der Waals surface area (Å²) in [4.78, 5) is 27.3. The van der Waals surface area contributed by atoms with Crippen LogP contribution < -0.4 is 5.32 Å². The van der Waals surface area contributed by atoms with Crippen molar-refractivity contribution in [2.75, 3.05) is 0 Å². The van der Waals surface area contributed by atoms with E-state index in [4.69, 9.17) is 4.74 Å². The molecule has 0 spiro atoms. The molecule has 5 heteroatoms. The van der Waals surface area contributed by atoms with Gasteiger partial charge in [0.2, 0.25) is 5.91 Å². The van der Waals surface area contributed by atoms with Crippen LogP contribution in [0.1, 0.15) is 79.6 Å². The van der Waals surface area contributed by atoms with Crippen LogP contribution in [-0.2, 0) is 9.53 Å². The van der Waals surface area contributed by atoms with E-state index in [1.54, 1.807) is 4.90 Å². The average molecular weight is 351 g/mol. The van der Waals surface area contributed by atoms with E-state index in [1.165, 1.54) is 32.1 Å². The smallest absolute Gasteiger partial charge is 0.411 e. The highest BCUT2D eigenvalue weighted by atomic mass is 16.6. The van der Waals surface area contributed by atoms with Gasteiger partial charge >= 0.3 is 6.09 Å². The fourth-order valence-electron chi connectivity index (χ4n) is 4.65. The van der Waals surface area contributed by atoms with Gasteiger partial charge in [-0.3, -0.25) is 9.69 Å². The molecule has 0 aromatic carbocycles. The number of hydrogen-bond donors (Lipinski definition) is 1. The van der Waals surface area contributed by atoms with Crippen LogP contribution in [0.4, 0.5) is 4.79 Å². The topological polar surface area (TPSA) is 58.6 Å². The van der Waals surface area contributed by atoms with Crippen LogP contribution in [0.15, 0.2) is 0 Å². The van der Waals surface area contributed by atoms with Crippen molar-refractivity contribution in [3.63, 3.8) is 0 Å². The van der Waals surface area contributed by atoms with Crippen LogP contribution in [0.5, 0.6) is 0 Å². The first-order chi connectivity index (χ1) is 11.6. The molecule has 25 heavy (non-hydrogen) atoms. The number of rotatable bonds is 3. The summed E-state index contributed by atoms with van der Waals surface area (Å²) in [6.45, 7) is 9.89. The predicted octanol–water partition coefficient (Wildman–Crippen LogP) is 3.86. The summed E-state index contributed by atoms with van der Waals surface area (Å²) in [5.41, 5.74) is -0.450. The molecule has 2 aliphatic carbocycles. The average Bonchev–Trinajstić information content (AvgIpc) is 3.07. The molecule has 0 aromatic heterocycles. The molecule has 0 radical (unpaired) electrons. The molecule has 0 unspecified atom stereocenters. The van der Waals surface area contributed by atoms with E-state index in [1.807, 2.05) is 20.8 Å². The summed E-state index contributed by atoms with van der Waals surface area (Å²) in [5, 5.41) is 3.21. The molecular weight excluding hydrogens is 316 g/mol. The summed E-state index contributed by atoms with van der Waals surface area (Å²) >= 11 is 0. The monoisotopic (exact) mass is 350 g/mol. The third-order valence-corrected chi connectivity index (χ3v) is 6.27. The van der Waals surface area contributed by atoms with Crippen molar-refractivity contribution in [2.24, 2.45) is 11.3 Å². The molecule has 2 amide bonds. The van der Waals surface area contributed by atoms with Gasteiger partial charge in [0.1, 0.15) is 11.6 Å². The first kappa shape index (κ1) is 18.5. The van der Waals surface area contributed by atoms with Gasteiger partial charge in [0.25, 0.3) is 0 Å². The molecular formula is C20H34N2O3. The number of nitrogens with one attached hydrogen (secondary N) is 1. The molecule has 1 aliphatic heterocycles. The summed E-state index contributed by atoms with van der Waals surface area (Å²) in [6.07, 6.45) is 7.62. The molecule has 3 fully saturated rings. The number of likely N-dealkylation sites (tertiary alicyclic amines) is 1. The standard InChI is InChI=1S/C20H34N2O3/c1-13(14-9-7-6-8-10-14)21-17(23)15-11-20(5)12-16(20)22(15)18(24)25-19(2,3)4/h13-16H,6-12H2,1-5H3,(H,21,23)/t13-,15-,16+,20-/m0/s1. The Morgan fingerprint density at radius 2 is 1.80 bits per heavy atom. The maximum Gasteiger partial charge on any atom is 0.411 e. The third kappa shape index (κ3) is 3.95. The van der Waals surface area contributed by atoms with Crippen molar-refractivity contribution in [2.45, 2.75) is 103 Å². The number of fused-ring (bicyclic) bond motifs is 1. The van der Waals surface area contributed by atoms with Crippen molar-refractivity contribution in [3.8, 4) is 0 Å². The Kier molecular flexibility index (Phi) is 4.80. The van der Waals surface area contributed by atoms with E-state index in [-0.39, 0.29) is 35.5 Å². The summed E-state index contributed by atoms with van der Waals surface area (Å²) in [6, 6.07) is -0.0502. The molecule has 4 atom stereocenters. The van der Waals surface area contributed by atoms with Gasteiger partial charge in [-0.05, 0) is 64.7 Å². The maximum atomic E-state index is 12.9. The Labute approximate surface area is 151 Å². The maximum absolute atomic E-state index is 12.9. The van der Waals surface area contributed by atoms with Gasteiger partial charge in [0.05, 0.1) is 0 Å². The number of carbonyl (C=O) groups excluding carboxylic acids is 2. The molecule has 1 heterocycles. The second-order valence-corrected chi connectivity index (χ2v) is 9.68. The lowest BCUT2D eigenvalue weighted by molar-refractivity contribution is -0.127. The summed E-state index contributed by atoms with van der Waals surface area (Å²) in [7, 11) is 0. The zero-order chi connectivity index (χ0) is 18.4. The SMILES string of the molecule is C[C@H](NC(=O)[C@@H]1C[C@@]2(C)C[C@H]2N1C(=O)OC(C)(C)C)C1CCCCC1. The molecule has 5 nitrogen and oxygen atoms in total. The van der Waals surface area contributed by atoms with Gasteiger partial charge in [0.15, 0.2) is 0 Å². The van der Waals surface area contributed by atoms with Crippen molar-refractivity contribution < 1.29 is 14.3 Å². The molecule has 1 N–H and O–H groups in total. The number of nitrogens with zero attached hydrogens (tertiary/aromatic N) is 1. The summed E-state index contributed by atoms with van der Waals surface area (Å²) in [5.74, 6) is 0.566. The number of amides is 2. The third-order valence-electron chi connectivity index (χ3n) is 6.27. The highest BCUT2D eigenvalue weighted by Crippen LogP contribution is 2.59. The number of ether oxygens (including phenoxy) is 1. The molecule has 0 bridgehead atoms. The van der Waals surface area contributed by atoms with E-state index < -0.39 is 5.60 Å². The highest BCUT2D eigenvalue weighted by molar-refractivity contribution is 5.87. The van der Waals surface area contributed by atoms with Gasteiger partial charge in [-0.1, -0.05) is 26.2 Å². The lowest BCUT2D eigenvalue weighted by Gasteiger charge is -2.32. The summed E-state index contributed by atoms with van der Waals surface area (Å²) < 4.78 is 5.57. The first-order valence-corrected chi connectivity index (χ1v) is 9.92. The zero-order valence-corrected chi connectivity index (χ0v) is 16.4. The van der Waals surface area contributed by atoms with Gasteiger partial charge in [-0.15, -0.1) is 0 Å². The first-order valence-electron chi connectivity index (χ1n) is 9.92. The van der Waals surface area contributed by atoms with Crippen LogP contribution in [0.2, 0.25) is 0 Å². The van der Waals surface area contributed by atoms with Crippen LogP contribution in [0.25, 0.3) is 0 Å². The van der Waals surface area contributed by atoms with Gasteiger partial charge in [0, 0.05) is 12.1 Å². The Hall–Kier alpha value is -1.26. The molecule has 3 aliphatic rings. The van der Waals surface area contributed by atoms with Gasteiger partial charge in [-0.2, -0.15) is 0 Å². The lowest BCUT2D eigenvalue weighted by atomic mass is 9.84. The van der Waals surface area contributed by atoms with Crippen molar-refractivity contribution in [1.29, 1.82) is 0 Å². The minimum atomic E-state index is -0.540. The van der Waals surface area contributed by atoms with E-state index in [2.05, 4.69) is 19.2 Å². The second-order valence-electron chi connectivity index (χ2n) is 9.68. The van der Waals surface area contributed by atoms with E-state index >= 15 is 0 Å². The Bertz CT molecular complexity index is 536. The van der Waals surface area contributed by atoms with Crippen LogP contribution in [0, 0.1) is 11.3 Å². The fraction of sp³-hybridized carbons (Fsp3) is 0.900. The minimum Gasteiger partial charge on any atom is -0.444 e. The number of piperidine rings is 1. The predicted molar refractivity (Wildman–Crippen MR) is 97.2 cm³/mol. The Balaban J connectivity index is 1.64. The van der Waals surface area contributed by atoms with Crippen LogP contribution >= 0.6 is 0 Å². The number of hydrogen-bond acceptors (Lipinski definition) is 3. The Morgan fingerprint density at radius 3 is 2.40 bits per heavy atom. The minimum absolute atomic E-state index is 0.00245. The molecule has 2 saturated carbocycles. The van der Waals surface area contributed by atoms with Gasteiger partial charge < -0.3 is 10.1 Å². The highest BCUT2D eigenvalue weighted by Gasteiger charge is 2.65. The molecule has 3 rings (SSSR count). The lowest BCUT2D eigenvalue weighted by Crippen LogP contribution is -2.52. The molecule has 1 saturated heterocycles. The van der Waals surface area contributed by atoms with E-state index in [0.717, 1.165) is 12.8 Å². The fourth-order valence-corrected chi connectivity index (χ4v) is 4.65. The second kappa shape index (κ2) is 6.48. The van der Waals surface area contributed by atoms with Gasteiger partial charge in [-0.25, -0.2) is 4.79 Å². The Morgan fingerprint density at radius 1 is 1.16 bits per heavy atom. The van der Waals surface area contributed by atoms with Crippen LogP contribution in [-0.4, -0.2) is 40.6 Å². The molecule has 142 valence electrons. The van der Waals surface area contributed by atoms with E-state index in [9.17, 15) is 9.59 Å². The zero-order valence-electron chi connectivity index (χ0n) is 16.4. The number of carbonyl (C=O) groups is 2. The quantitative estimate of drug-likeness (QED) is 0.841. The van der Waals surface area contributed by atoms with Crippen molar-refractivity contribution in [3.05, 3.63) is 0 Å². The normalized spacial score (nSPS) is 33.6. The van der Waals surface area contributed by atoms with Crippen molar-refractivity contribution >= 4 is 12.0 Å². The van der Waals surface area contributed by atoms with E-state index in [0.29, 0.717) is 5.92 Å². The largest absolute Gasteiger partial charge is 0.444 e.